The van der Waals surface area contributed by atoms with Crippen LogP contribution >= 0.6 is 35.6 Å². The molecule has 2 rings (SSSR count). The van der Waals surface area contributed by atoms with Crippen molar-refractivity contribution in [2.75, 3.05) is 31.6 Å². The predicted molar refractivity (Wildman–Crippen MR) is 95.7 cm³/mol. The van der Waals surface area contributed by atoms with Crippen LogP contribution in [-0.2, 0) is 9.59 Å². The molecule has 1 unspecified atom stereocenters. The van der Waals surface area contributed by atoms with Crippen LogP contribution in [0, 0.1) is 5.92 Å². The van der Waals surface area contributed by atoms with Crippen molar-refractivity contribution in [3.8, 4) is 0 Å². The Balaban J connectivity index is 0.00000264. The molecular formula is C15H20Cl3N3O2. The van der Waals surface area contributed by atoms with Crippen molar-refractivity contribution in [2.45, 2.75) is 12.8 Å². The fourth-order valence-corrected chi connectivity index (χ4v) is 2.96. The monoisotopic (exact) mass is 379 g/mol. The van der Waals surface area contributed by atoms with Crippen molar-refractivity contribution in [1.82, 2.24) is 10.6 Å². The van der Waals surface area contributed by atoms with E-state index in [1.54, 1.807) is 23.1 Å². The molecule has 23 heavy (non-hydrogen) atoms. The molecule has 1 aliphatic heterocycles. The van der Waals surface area contributed by atoms with Gasteiger partial charge in [-0.15, -0.1) is 12.4 Å². The average Bonchev–Trinajstić information content (AvgIpc) is 2.84. The summed E-state index contributed by atoms with van der Waals surface area (Å²) in [5.74, 6) is -0.506. The van der Waals surface area contributed by atoms with Gasteiger partial charge < -0.3 is 15.5 Å². The SMILES string of the molecule is CNCCCNC(=O)C1CC(=O)N(c2cc(Cl)cc(Cl)c2)C1.Cl. The Labute approximate surface area is 152 Å². The van der Waals surface area contributed by atoms with Crippen LogP contribution < -0.4 is 15.5 Å². The van der Waals surface area contributed by atoms with Gasteiger partial charge in [-0.3, -0.25) is 9.59 Å². The Morgan fingerprint density at radius 1 is 1.26 bits per heavy atom. The second kappa shape index (κ2) is 9.33. The third kappa shape index (κ3) is 5.53. The Bertz CT molecular complexity index is 549. The Morgan fingerprint density at radius 3 is 2.52 bits per heavy atom. The van der Waals surface area contributed by atoms with Crippen molar-refractivity contribution < 1.29 is 9.59 Å². The van der Waals surface area contributed by atoms with Crippen molar-refractivity contribution in [3.63, 3.8) is 0 Å². The normalized spacial score (nSPS) is 17.1. The summed E-state index contributed by atoms with van der Waals surface area (Å²) in [5, 5.41) is 6.82. The fourth-order valence-electron chi connectivity index (χ4n) is 2.45. The topological polar surface area (TPSA) is 61.4 Å². The molecule has 5 nitrogen and oxygen atoms in total. The smallest absolute Gasteiger partial charge is 0.227 e. The zero-order chi connectivity index (χ0) is 16.1. The van der Waals surface area contributed by atoms with E-state index >= 15 is 0 Å². The van der Waals surface area contributed by atoms with Gasteiger partial charge in [0.1, 0.15) is 0 Å². The minimum absolute atomic E-state index is 0. The number of halogens is 3. The van der Waals surface area contributed by atoms with Gasteiger partial charge in [0.25, 0.3) is 0 Å². The first-order valence-corrected chi connectivity index (χ1v) is 7.95. The zero-order valence-corrected chi connectivity index (χ0v) is 15.1. The van der Waals surface area contributed by atoms with E-state index in [0.717, 1.165) is 13.0 Å². The van der Waals surface area contributed by atoms with Crippen LogP contribution in [0.3, 0.4) is 0 Å². The van der Waals surface area contributed by atoms with Crippen molar-refractivity contribution in [2.24, 2.45) is 5.92 Å². The molecule has 0 aliphatic carbocycles. The molecule has 1 aromatic rings. The standard InChI is InChI=1S/C15H19Cl2N3O2.ClH/c1-18-3-2-4-19-15(22)10-5-14(21)20(9-10)13-7-11(16)6-12(17)8-13;/h6-8,10,18H,2-5,9H2,1H3,(H,19,22);1H. The van der Waals surface area contributed by atoms with Gasteiger partial charge in [0.15, 0.2) is 0 Å². The zero-order valence-electron chi connectivity index (χ0n) is 12.8. The van der Waals surface area contributed by atoms with E-state index in [0.29, 0.717) is 28.8 Å². The first-order chi connectivity index (χ1) is 10.5. The Morgan fingerprint density at radius 2 is 1.91 bits per heavy atom. The van der Waals surface area contributed by atoms with E-state index in [1.165, 1.54) is 0 Å². The van der Waals surface area contributed by atoms with Crippen LogP contribution in [0.5, 0.6) is 0 Å². The van der Waals surface area contributed by atoms with Crippen LogP contribution in [0.15, 0.2) is 18.2 Å². The highest BCUT2D eigenvalue weighted by Crippen LogP contribution is 2.30. The number of rotatable bonds is 6. The lowest BCUT2D eigenvalue weighted by Gasteiger charge is -2.17. The quantitative estimate of drug-likeness (QED) is 0.745. The molecule has 1 heterocycles. The molecule has 0 radical (unpaired) electrons. The lowest BCUT2D eigenvalue weighted by atomic mass is 10.1. The largest absolute Gasteiger partial charge is 0.356 e. The first kappa shape index (κ1) is 20.0. The predicted octanol–water partition coefficient (Wildman–Crippen LogP) is 2.49. The molecule has 0 saturated carbocycles. The third-order valence-electron chi connectivity index (χ3n) is 3.56. The van der Waals surface area contributed by atoms with E-state index in [4.69, 9.17) is 23.2 Å². The van der Waals surface area contributed by atoms with E-state index in [2.05, 4.69) is 10.6 Å². The maximum atomic E-state index is 12.1. The highest BCUT2D eigenvalue weighted by atomic mass is 35.5. The number of hydrogen-bond acceptors (Lipinski definition) is 3. The summed E-state index contributed by atoms with van der Waals surface area (Å²) in [4.78, 5) is 25.8. The van der Waals surface area contributed by atoms with Crippen LogP contribution in [0.1, 0.15) is 12.8 Å². The molecule has 0 bridgehead atoms. The van der Waals surface area contributed by atoms with Gasteiger partial charge >= 0.3 is 0 Å². The molecule has 1 fully saturated rings. The summed E-state index contributed by atoms with van der Waals surface area (Å²) in [6.07, 6.45) is 1.07. The maximum Gasteiger partial charge on any atom is 0.227 e. The number of benzene rings is 1. The van der Waals surface area contributed by atoms with Crippen LogP contribution in [0.2, 0.25) is 10.0 Å². The van der Waals surface area contributed by atoms with Crippen LogP contribution in [0.25, 0.3) is 0 Å². The molecule has 128 valence electrons. The number of nitrogens with zero attached hydrogens (tertiary/aromatic N) is 1. The van der Waals surface area contributed by atoms with E-state index < -0.39 is 0 Å². The van der Waals surface area contributed by atoms with Crippen LogP contribution in [0.4, 0.5) is 5.69 Å². The summed E-state index contributed by atoms with van der Waals surface area (Å²) in [6.45, 7) is 1.80. The number of anilines is 1. The van der Waals surface area contributed by atoms with Gasteiger partial charge in [-0.1, -0.05) is 23.2 Å². The molecule has 0 spiro atoms. The van der Waals surface area contributed by atoms with Gasteiger partial charge in [-0.2, -0.15) is 0 Å². The number of carbonyl (C=O) groups excluding carboxylic acids is 2. The van der Waals surface area contributed by atoms with E-state index in [9.17, 15) is 9.59 Å². The highest BCUT2D eigenvalue weighted by molar-refractivity contribution is 6.35. The lowest BCUT2D eigenvalue weighted by Crippen LogP contribution is -2.34. The minimum atomic E-state index is -0.333. The highest BCUT2D eigenvalue weighted by Gasteiger charge is 2.35. The van der Waals surface area contributed by atoms with Gasteiger partial charge in [-0.05, 0) is 38.2 Å². The maximum absolute atomic E-state index is 12.1. The Kier molecular flexibility index (Phi) is 8.12. The lowest BCUT2D eigenvalue weighted by molar-refractivity contribution is -0.126. The Hall–Kier alpha value is -1.01. The number of amides is 2. The molecule has 8 heteroatoms. The van der Waals surface area contributed by atoms with E-state index in [-0.39, 0.29) is 36.6 Å². The number of hydrogen-bond donors (Lipinski definition) is 2. The summed E-state index contributed by atoms with van der Waals surface area (Å²) in [5.41, 5.74) is 0.632. The van der Waals surface area contributed by atoms with Gasteiger partial charge in [0.05, 0.1) is 5.92 Å². The molecule has 1 aromatic carbocycles. The van der Waals surface area contributed by atoms with Gasteiger partial charge in [0, 0.05) is 35.2 Å². The molecule has 2 N–H and O–H groups in total. The molecule has 2 amide bonds. The summed E-state index contributed by atoms with van der Waals surface area (Å²) in [7, 11) is 1.87. The second-order valence-electron chi connectivity index (χ2n) is 5.28. The number of carbonyl (C=O) groups is 2. The minimum Gasteiger partial charge on any atom is -0.356 e. The average molecular weight is 381 g/mol. The molecular weight excluding hydrogens is 361 g/mol. The molecule has 0 aromatic heterocycles. The third-order valence-corrected chi connectivity index (χ3v) is 3.99. The van der Waals surface area contributed by atoms with Gasteiger partial charge in [-0.25, -0.2) is 0 Å². The molecule has 1 aliphatic rings. The molecule has 1 saturated heterocycles. The van der Waals surface area contributed by atoms with Crippen molar-refractivity contribution in [1.29, 1.82) is 0 Å². The van der Waals surface area contributed by atoms with Crippen molar-refractivity contribution >= 4 is 53.1 Å². The fraction of sp³-hybridized carbons (Fsp3) is 0.467. The van der Waals surface area contributed by atoms with E-state index in [1.807, 2.05) is 7.05 Å². The molecule has 1 atom stereocenters. The summed E-state index contributed by atoms with van der Waals surface area (Å²) < 4.78 is 0. The van der Waals surface area contributed by atoms with Crippen LogP contribution in [-0.4, -0.2) is 38.5 Å². The first-order valence-electron chi connectivity index (χ1n) is 7.20. The van der Waals surface area contributed by atoms with Gasteiger partial charge in [0.2, 0.25) is 11.8 Å². The number of nitrogens with one attached hydrogen (secondary N) is 2. The van der Waals surface area contributed by atoms with Crippen molar-refractivity contribution in [3.05, 3.63) is 28.2 Å². The second-order valence-corrected chi connectivity index (χ2v) is 6.15. The summed E-state index contributed by atoms with van der Waals surface area (Å²) in [6, 6.07) is 4.97. The summed E-state index contributed by atoms with van der Waals surface area (Å²) >= 11 is 11.9.